The Morgan fingerprint density at radius 3 is 2.76 bits per heavy atom. The van der Waals surface area contributed by atoms with Gasteiger partial charge in [0.15, 0.2) is 0 Å². The first-order valence-corrected chi connectivity index (χ1v) is 7.40. The van der Waals surface area contributed by atoms with Crippen molar-refractivity contribution in [3.63, 3.8) is 0 Å². The quantitative estimate of drug-likeness (QED) is 0.696. The standard InChI is InChI=1S/C12H8Br2FNS/c13-9-4-8(5-10(15)6-9)7-17-12-11(14)2-1-3-16-12/h1-6H,7H2. The minimum atomic E-state index is -0.227. The second-order valence-electron chi connectivity index (χ2n) is 3.36. The lowest BCUT2D eigenvalue weighted by molar-refractivity contribution is 0.625. The predicted octanol–water partition coefficient (Wildman–Crippen LogP) is 5.04. The molecule has 0 saturated carbocycles. The van der Waals surface area contributed by atoms with Crippen molar-refractivity contribution in [2.75, 3.05) is 0 Å². The van der Waals surface area contributed by atoms with Crippen LogP contribution in [0.3, 0.4) is 0 Å². The fourth-order valence-electron chi connectivity index (χ4n) is 1.32. The molecule has 1 nitrogen and oxygen atoms in total. The molecular weight excluding hydrogens is 369 g/mol. The number of thioether (sulfide) groups is 1. The monoisotopic (exact) mass is 375 g/mol. The molecule has 17 heavy (non-hydrogen) atoms. The number of rotatable bonds is 3. The molecule has 0 unspecified atom stereocenters. The Balaban J connectivity index is 2.10. The Bertz CT molecular complexity index is 513. The summed E-state index contributed by atoms with van der Waals surface area (Å²) in [4.78, 5) is 4.25. The van der Waals surface area contributed by atoms with Crippen molar-refractivity contribution in [2.45, 2.75) is 10.8 Å². The van der Waals surface area contributed by atoms with Gasteiger partial charge in [-0.1, -0.05) is 15.9 Å². The Kier molecular flexibility index (Phi) is 4.59. The molecule has 2 aromatic rings. The Morgan fingerprint density at radius 1 is 1.24 bits per heavy atom. The molecule has 0 atom stereocenters. The summed E-state index contributed by atoms with van der Waals surface area (Å²) in [6.07, 6.45) is 1.74. The van der Waals surface area contributed by atoms with Crippen molar-refractivity contribution < 1.29 is 4.39 Å². The summed E-state index contributed by atoms with van der Waals surface area (Å²) in [6.45, 7) is 0. The summed E-state index contributed by atoms with van der Waals surface area (Å²) in [5, 5.41) is 0.910. The van der Waals surface area contributed by atoms with E-state index in [4.69, 9.17) is 0 Å². The molecule has 0 aliphatic rings. The van der Waals surface area contributed by atoms with Crippen LogP contribution in [0.1, 0.15) is 5.56 Å². The maximum atomic E-state index is 13.2. The van der Waals surface area contributed by atoms with Crippen molar-refractivity contribution in [3.8, 4) is 0 Å². The van der Waals surface area contributed by atoms with Gasteiger partial charge in [0.1, 0.15) is 10.8 Å². The molecule has 1 aromatic heterocycles. The molecule has 0 aliphatic carbocycles. The zero-order chi connectivity index (χ0) is 12.3. The number of halogens is 3. The smallest absolute Gasteiger partial charge is 0.124 e. The van der Waals surface area contributed by atoms with Crippen molar-refractivity contribution in [1.82, 2.24) is 4.98 Å². The van der Waals surface area contributed by atoms with E-state index in [1.807, 2.05) is 18.2 Å². The van der Waals surface area contributed by atoms with E-state index in [0.29, 0.717) is 5.75 Å². The molecule has 2 rings (SSSR count). The molecule has 0 fully saturated rings. The second-order valence-corrected chi connectivity index (χ2v) is 6.09. The van der Waals surface area contributed by atoms with Crippen LogP contribution in [0.2, 0.25) is 0 Å². The largest absolute Gasteiger partial charge is 0.249 e. The maximum absolute atomic E-state index is 13.2. The highest BCUT2D eigenvalue weighted by Crippen LogP contribution is 2.28. The minimum Gasteiger partial charge on any atom is -0.249 e. The Morgan fingerprint density at radius 2 is 2.06 bits per heavy atom. The lowest BCUT2D eigenvalue weighted by atomic mass is 10.2. The van der Waals surface area contributed by atoms with Gasteiger partial charge in [-0.25, -0.2) is 9.37 Å². The number of nitrogens with zero attached hydrogens (tertiary/aromatic N) is 1. The summed E-state index contributed by atoms with van der Waals surface area (Å²) in [5.41, 5.74) is 0.930. The van der Waals surface area contributed by atoms with Crippen LogP contribution in [0.25, 0.3) is 0 Å². The molecule has 0 spiro atoms. The van der Waals surface area contributed by atoms with Gasteiger partial charge in [0.2, 0.25) is 0 Å². The second kappa shape index (κ2) is 5.98. The van der Waals surface area contributed by atoms with E-state index in [0.717, 1.165) is 19.5 Å². The normalized spacial score (nSPS) is 10.5. The first-order valence-electron chi connectivity index (χ1n) is 4.83. The van der Waals surface area contributed by atoms with Crippen molar-refractivity contribution in [1.29, 1.82) is 0 Å². The fourth-order valence-corrected chi connectivity index (χ4v) is 3.25. The third-order valence-corrected chi connectivity index (χ3v) is 4.46. The van der Waals surface area contributed by atoms with Crippen molar-refractivity contribution >= 4 is 43.6 Å². The Hall–Kier alpha value is -0.390. The minimum absolute atomic E-state index is 0.227. The fraction of sp³-hybridized carbons (Fsp3) is 0.0833. The molecule has 5 heteroatoms. The van der Waals surface area contributed by atoms with Gasteiger partial charge in [-0.3, -0.25) is 0 Å². The molecule has 1 aromatic carbocycles. The summed E-state index contributed by atoms with van der Waals surface area (Å²) in [7, 11) is 0. The van der Waals surface area contributed by atoms with Crippen LogP contribution in [0.5, 0.6) is 0 Å². The molecule has 0 aliphatic heterocycles. The van der Waals surface area contributed by atoms with Gasteiger partial charge in [-0.2, -0.15) is 0 Å². The summed E-state index contributed by atoms with van der Waals surface area (Å²) < 4.78 is 14.9. The van der Waals surface area contributed by atoms with E-state index in [1.165, 1.54) is 12.1 Å². The number of benzene rings is 1. The number of aromatic nitrogens is 1. The summed E-state index contributed by atoms with van der Waals surface area (Å²) in [5.74, 6) is 0.460. The van der Waals surface area contributed by atoms with Crippen molar-refractivity contribution in [3.05, 3.63) is 56.9 Å². The molecule has 0 amide bonds. The third-order valence-electron chi connectivity index (χ3n) is 2.02. The van der Waals surface area contributed by atoms with Crippen LogP contribution in [0, 0.1) is 5.82 Å². The van der Waals surface area contributed by atoms with E-state index < -0.39 is 0 Å². The van der Waals surface area contributed by atoms with Crippen LogP contribution in [-0.2, 0) is 5.75 Å². The van der Waals surface area contributed by atoms with Gasteiger partial charge >= 0.3 is 0 Å². The lowest BCUT2D eigenvalue weighted by Crippen LogP contribution is -1.86. The summed E-state index contributed by atoms with van der Waals surface area (Å²) in [6, 6.07) is 8.70. The molecule has 0 bridgehead atoms. The molecule has 1 heterocycles. The molecule has 0 radical (unpaired) electrons. The van der Waals surface area contributed by atoms with Crippen LogP contribution in [0.4, 0.5) is 4.39 Å². The predicted molar refractivity (Wildman–Crippen MR) is 75.6 cm³/mol. The zero-order valence-corrected chi connectivity index (χ0v) is 12.6. The van der Waals surface area contributed by atoms with Gasteiger partial charge in [0, 0.05) is 20.9 Å². The SMILES string of the molecule is Fc1cc(Br)cc(CSc2ncccc2Br)c1. The van der Waals surface area contributed by atoms with Gasteiger partial charge < -0.3 is 0 Å². The molecular formula is C12H8Br2FNS. The van der Waals surface area contributed by atoms with Gasteiger partial charge in [0.25, 0.3) is 0 Å². The van der Waals surface area contributed by atoms with Crippen LogP contribution >= 0.6 is 43.6 Å². The van der Waals surface area contributed by atoms with Crippen molar-refractivity contribution in [2.24, 2.45) is 0 Å². The number of pyridine rings is 1. The zero-order valence-electron chi connectivity index (χ0n) is 8.66. The van der Waals surface area contributed by atoms with Crippen LogP contribution < -0.4 is 0 Å². The van der Waals surface area contributed by atoms with E-state index in [9.17, 15) is 4.39 Å². The Labute approximate surface area is 120 Å². The maximum Gasteiger partial charge on any atom is 0.124 e. The average Bonchev–Trinajstić information content (AvgIpc) is 2.27. The van der Waals surface area contributed by atoms with Gasteiger partial charge in [0.05, 0.1) is 0 Å². The van der Waals surface area contributed by atoms with E-state index in [2.05, 4.69) is 36.8 Å². The highest BCUT2D eigenvalue weighted by atomic mass is 79.9. The highest BCUT2D eigenvalue weighted by Gasteiger charge is 2.04. The molecule has 88 valence electrons. The average molecular weight is 377 g/mol. The summed E-state index contributed by atoms with van der Waals surface area (Å²) >= 11 is 8.28. The molecule has 0 N–H and O–H groups in total. The third kappa shape index (κ3) is 3.79. The highest BCUT2D eigenvalue weighted by molar-refractivity contribution is 9.10. The van der Waals surface area contributed by atoms with E-state index in [1.54, 1.807) is 18.0 Å². The number of hydrogen-bond acceptors (Lipinski definition) is 2. The van der Waals surface area contributed by atoms with Crippen LogP contribution in [-0.4, -0.2) is 4.98 Å². The van der Waals surface area contributed by atoms with Gasteiger partial charge in [-0.15, -0.1) is 11.8 Å². The lowest BCUT2D eigenvalue weighted by Gasteiger charge is -2.04. The molecule has 0 saturated heterocycles. The van der Waals surface area contributed by atoms with E-state index >= 15 is 0 Å². The van der Waals surface area contributed by atoms with Crippen LogP contribution in [0.15, 0.2) is 50.5 Å². The first-order chi connectivity index (χ1) is 8.15. The topological polar surface area (TPSA) is 12.9 Å². The van der Waals surface area contributed by atoms with Gasteiger partial charge in [-0.05, 0) is 51.8 Å². The number of hydrogen-bond donors (Lipinski definition) is 0. The first kappa shape index (κ1) is 13.1. The van der Waals surface area contributed by atoms with E-state index in [-0.39, 0.29) is 5.82 Å².